The van der Waals surface area contributed by atoms with Crippen molar-refractivity contribution in [2.24, 2.45) is 0 Å². The van der Waals surface area contributed by atoms with Gasteiger partial charge >= 0.3 is 0 Å². The minimum Gasteiger partial charge on any atom is -0.388 e. The number of aliphatic hydroxyl groups is 1. The SMILES string of the molecule is COC[C@@H](C)NC1CCC(Nc2cc(-c3cc(NCC4(O)CCOCC4)ccc3F)c(F)cn2)CC1. The smallest absolute Gasteiger partial charge is 0.149 e. The zero-order valence-electron chi connectivity index (χ0n) is 21.2. The van der Waals surface area contributed by atoms with Crippen molar-refractivity contribution in [2.45, 2.75) is 69.2 Å². The van der Waals surface area contributed by atoms with Crippen LogP contribution in [0.5, 0.6) is 0 Å². The molecule has 1 aromatic carbocycles. The third kappa shape index (κ3) is 7.12. The maximum absolute atomic E-state index is 14.8. The fraction of sp³-hybridized carbons (Fsp3) is 0.593. The van der Waals surface area contributed by atoms with Crippen LogP contribution < -0.4 is 16.0 Å². The van der Waals surface area contributed by atoms with Crippen molar-refractivity contribution in [3.05, 3.63) is 42.1 Å². The highest BCUT2D eigenvalue weighted by Gasteiger charge is 2.29. The van der Waals surface area contributed by atoms with Gasteiger partial charge in [0.2, 0.25) is 0 Å². The maximum atomic E-state index is 14.8. The lowest BCUT2D eigenvalue weighted by atomic mass is 9.90. The largest absolute Gasteiger partial charge is 0.388 e. The number of aromatic nitrogens is 1. The monoisotopic (exact) mass is 504 g/mol. The lowest BCUT2D eigenvalue weighted by Crippen LogP contribution is -2.42. The molecule has 2 aliphatic rings. The van der Waals surface area contributed by atoms with Crippen molar-refractivity contribution in [3.8, 4) is 11.1 Å². The van der Waals surface area contributed by atoms with Crippen LogP contribution in [0, 0.1) is 11.6 Å². The van der Waals surface area contributed by atoms with Gasteiger partial charge in [0.25, 0.3) is 0 Å². The first-order chi connectivity index (χ1) is 17.3. The highest BCUT2D eigenvalue weighted by molar-refractivity contribution is 5.71. The quantitative estimate of drug-likeness (QED) is 0.383. The lowest BCUT2D eigenvalue weighted by Gasteiger charge is -2.32. The van der Waals surface area contributed by atoms with Crippen molar-refractivity contribution in [1.82, 2.24) is 10.3 Å². The summed E-state index contributed by atoms with van der Waals surface area (Å²) in [4.78, 5) is 4.21. The summed E-state index contributed by atoms with van der Waals surface area (Å²) in [5.74, 6) is -0.567. The molecule has 0 spiro atoms. The molecule has 0 radical (unpaired) electrons. The van der Waals surface area contributed by atoms with Gasteiger partial charge in [-0.3, -0.25) is 0 Å². The molecule has 1 aromatic heterocycles. The summed E-state index contributed by atoms with van der Waals surface area (Å²) in [5.41, 5.74) is 0.0528. The summed E-state index contributed by atoms with van der Waals surface area (Å²) in [6.07, 6.45) is 6.20. The fourth-order valence-corrected chi connectivity index (χ4v) is 5.07. The maximum Gasteiger partial charge on any atom is 0.149 e. The lowest BCUT2D eigenvalue weighted by molar-refractivity contribution is -0.0543. The number of methoxy groups -OCH3 is 1. The van der Waals surface area contributed by atoms with Crippen LogP contribution in [0.25, 0.3) is 11.1 Å². The molecule has 4 rings (SSSR count). The van der Waals surface area contributed by atoms with Crippen LogP contribution in [-0.4, -0.2) is 67.3 Å². The van der Waals surface area contributed by atoms with E-state index in [2.05, 4.69) is 27.9 Å². The van der Waals surface area contributed by atoms with Gasteiger partial charge in [-0.25, -0.2) is 13.8 Å². The molecule has 9 heteroatoms. The minimum absolute atomic E-state index is 0.155. The average Bonchev–Trinajstić information content (AvgIpc) is 2.87. The number of benzene rings is 1. The summed E-state index contributed by atoms with van der Waals surface area (Å²) in [6, 6.07) is 7.06. The molecule has 7 nitrogen and oxygen atoms in total. The number of hydrogen-bond acceptors (Lipinski definition) is 7. The summed E-state index contributed by atoms with van der Waals surface area (Å²) in [5, 5.41) is 20.9. The van der Waals surface area contributed by atoms with E-state index in [9.17, 15) is 13.9 Å². The van der Waals surface area contributed by atoms with Gasteiger partial charge in [-0.1, -0.05) is 0 Å². The molecule has 1 aliphatic carbocycles. The molecule has 2 fully saturated rings. The molecule has 1 saturated carbocycles. The Labute approximate surface area is 212 Å². The second-order valence-electron chi connectivity index (χ2n) is 10.2. The number of nitrogens with one attached hydrogen (secondary N) is 3. The van der Waals surface area contributed by atoms with E-state index in [1.165, 1.54) is 6.07 Å². The van der Waals surface area contributed by atoms with E-state index < -0.39 is 17.2 Å². The predicted molar refractivity (Wildman–Crippen MR) is 137 cm³/mol. The van der Waals surface area contributed by atoms with Gasteiger partial charge in [0.05, 0.1) is 18.4 Å². The van der Waals surface area contributed by atoms with Gasteiger partial charge < -0.3 is 30.5 Å². The van der Waals surface area contributed by atoms with Gasteiger partial charge in [-0.05, 0) is 56.9 Å². The number of hydrogen-bond donors (Lipinski definition) is 4. The average molecular weight is 505 g/mol. The molecule has 2 aromatic rings. The molecule has 1 saturated heterocycles. The van der Waals surface area contributed by atoms with Crippen LogP contribution in [0.15, 0.2) is 30.5 Å². The van der Waals surface area contributed by atoms with E-state index in [0.29, 0.717) is 62.8 Å². The molecule has 0 bridgehead atoms. The van der Waals surface area contributed by atoms with Crippen molar-refractivity contribution in [3.63, 3.8) is 0 Å². The Morgan fingerprint density at radius 3 is 2.50 bits per heavy atom. The summed E-state index contributed by atoms with van der Waals surface area (Å²) in [6.45, 7) is 4.14. The number of pyridine rings is 1. The van der Waals surface area contributed by atoms with Crippen LogP contribution in [0.1, 0.15) is 45.4 Å². The zero-order chi connectivity index (χ0) is 25.5. The van der Waals surface area contributed by atoms with Gasteiger partial charge in [-0.2, -0.15) is 0 Å². The number of halogens is 2. The Morgan fingerprint density at radius 2 is 1.78 bits per heavy atom. The first-order valence-corrected chi connectivity index (χ1v) is 12.9. The van der Waals surface area contributed by atoms with E-state index in [0.717, 1.165) is 31.9 Å². The molecular formula is C27H38F2N4O3. The standard InChI is InChI=1S/C27H38F2N4O3/c1-18(16-35-2)32-19-3-5-20(6-4-19)33-26-14-23(25(29)15-30-26)22-13-21(7-8-24(22)28)31-17-27(34)9-11-36-12-10-27/h7-8,13-15,18-20,31-32,34H,3-6,9-12,16-17H2,1-2H3,(H,30,33)/t18-,19?,20?/m1/s1. The van der Waals surface area contributed by atoms with Crippen LogP contribution in [0.4, 0.5) is 20.3 Å². The Balaban J connectivity index is 1.40. The van der Waals surface area contributed by atoms with Gasteiger partial charge in [-0.15, -0.1) is 0 Å². The van der Waals surface area contributed by atoms with Crippen molar-refractivity contribution >= 4 is 11.5 Å². The normalized spacial score (nSPS) is 22.7. The van der Waals surface area contributed by atoms with Crippen molar-refractivity contribution < 1.29 is 23.4 Å². The Bertz CT molecular complexity index is 995. The molecule has 36 heavy (non-hydrogen) atoms. The van der Waals surface area contributed by atoms with E-state index in [4.69, 9.17) is 9.47 Å². The Hall–Kier alpha value is -2.33. The highest BCUT2D eigenvalue weighted by atomic mass is 19.1. The minimum atomic E-state index is -0.873. The number of rotatable bonds is 10. The second-order valence-corrected chi connectivity index (χ2v) is 10.2. The molecule has 1 aliphatic heterocycles. The van der Waals surface area contributed by atoms with Crippen LogP contribution >= 0.6 is 0 Å². The molecule has 198 valence electrons. The van der Waals surface area contributed by atoms with E-state index in [1.54, 1.807) is 25.3 Å². The van der Waals surface area contributed by atoms with E-state index in [-0.39, 0.29) is 17.2 Å². The van der Waals surface area contributed by atoms with Crippen LogP contribution in [0.2, 0.25) is 0 Å². The van der Waals surface area contributed by atoms with Crippen LogP contribution in [-0.2, 0) is 9.47 Å². The van der Waals surface area contributed by atoms with E-state index in [1.807, 2.05) is 0 Å². The number of anilines is 2. The Kier molecular flexibility index (Phi) is 9.11. The van der Waals surface area contributed by atoms with Crippen molar-refractivity contribution in [1.29, 1.82) is 0 Å². The van der Waals surface area contributed by atoms with Gasteiger partial charge in [0.1, 0.15) is 17.5 Å². The van der Waals surface area contributed by atoms with Gasteiger partial charge in [0, 0.05) is 74.6 Å². The summed E-state index contributed by atoms with van der Waals surface area (Å²) < 4.78 is 40.1. The fourth-order valence-electron chi connectivity index (χ4n) is 5.07. The molecule has 2 heterocycles. The first kappa shape index (κ1) is 26.7. The zero-order valence-corrected chi connectivity index (χ0v) is 21.2. The first-order valence-electron chi connectivity index (χ1n) is 12.9. The molecular weight excluding hydrogens is 466 g/mol. The van der Waals surface area contributed by atoms with E-state index >= 15 is 0 Å². The third-order valence-electron chi connectivity index (χ3n) is 7.17. The number of ether oxygens (including phenoxy) is 2. The van der Waals surface area contributed by atoms with Gasteiger partial charge in [0.15, 0.2) is 0 Å². The number of nitrogens with zero attached hydrogens (tertiary/aromatic N) is 1. The topological polar surface area (TPSA) is 87.7 Å². The molecule has 1 atom stereocenters. The Morgan fingerprint density at radius 1 is 1.08 bits per heavy atom. The molecule has 0 amide bonds. The predicted octanol–water partition coefficient (Wildman–Crippen LogP) is 4.33. The van der Waals surface area contributed by atoms with Crippen molar-refractivity contribution in [2.75, 3.05) is 44.1 Å². The highest BCUT2D eigenvalue weighted by Crippen LogP contribution is 2.31. The molecule has 0 unspecified atom stereocenters. The summed E-state index contributed by atoms with van der Waals surface area (Å²) in [7, 11) is 1.71. The molecule has 4 N–H and O–H groups in total. The third-order valence-corrected chi connectivity index (χ3v) is 7.17. The van der Waals surface area contributed by atoms with Crippen LogP contribution in [0.3, 0.4) is 0 Å². The summed E-state index contributed by atoms with van der Waals surface area (Å²) >= 11 is 0. The second kappa shape index (κ2) is 12.3.